The Balaban J connectivity index is 2.57. The summed E-state index contributed by atoms with van der Waals surface area (Å²) < 4.78 is 40.3. The van der Waals surface area contributed by atoms with Crippen LogP contribution in [0.5, 0.6) is 0 Å². The third kappa shape index (κ3) is 2.65. The Morgan fingerprint density at radius 3 is 2.55 bits per heavy atom. The van der Waals surface area contributed by atoms with Crippen molar-refractivity contribution < 1.29 is 12.8 Å². The van der Waals surface area contributed by atoms with E-state index < -0.39 is 15.8 Å². The van der Waals surface area contributed by atoms with E-state index in [9.17, 15) is 12.8 Å². The van der Waals surface area contributed by atoms with Crippen LogP contribution in [-0.4, -0.2) is 19.9 Å². The highest BCUT2D eigenvalue weighted by Crippen LogP contribution is 2.32. The molecular weight excluding hydrogens is 323 g/mol. The average molecular weight is 335 g/mol. The molecule has 108 valence electrons. The van der Waals surface area contributed by atoms with Crippen LogP contribution >= 0.6 is 22.9 Å². The van der Waals surface area contributed by atoms with Crippen LogP contribution in [0.4, 0.5) is 10.1 Å². The maximum Gasteiger partial charge on any atom is 0.275 e. The number of rotatable bonds is 4. The second-order valence-electron chi connectivity index (χ2n) is 3.96. The van der Waals surface area contributed by atoms with E-state index in [-0.39, 0.29) is 20.9 Å². The standard InChI is InChI=1S/C12H12ClFN2O2S2/c1-3-16(10-7-5-4-6-9(10)14)20(17,18)11-8(2)15-12(13)19-11/h4-7H,3H2,1-2H3. The zero-order valence-corrected chi connectivity index (χ0v) is 13.2. The minimum absolute atomic E-state index is 0.0129. The Morgan fingerprint density at radius 2 is 2.05 bits per heavy atom. The highest BCUT2D eigenvalue weighted by atomic mass is 35.5. The van der Waals surface area contributed by atoms with Crippen molar-refractivity contribution in [2.75, 3.05) is 10.8 Å². The van der Waals surface area contributed by atoms with Crippen molar-refractivity contribution in [1.29, 1.82) is 0 Å². The van der Waals surface area contributed by atoms with E-state index in [0.717, 1.165) is 15.6 Å². The number of hydrogen-bond donors (Lipinski definition) is 0. The van der Waals surface area contributed by atoms with Gasteiger partial charge in [-0.05, 0) is 26.0 Å². The SMILES string of the molecule is CCN(c1ccccc1F)S(=O)(=O)c1sc(Cl)nc1C. The Bertz CT molecular complexity index is 731. The number of aryl methyl sites for hydroxylation is 1. The van der Waals surface area contributed by atoms with Crippen LogP contribution < -0.4 is 4.31 Å². The Labute approximate surface area is 125 Å². The number of sulfonamides is 1. The largest absolute Gasteiger partial charge is 0.275 e. The molecule has 0 aliphatic rings. The molecule has 4 nitrogen and oxygen atoms in total. The predicted octanol–water partition coefficient (Wildman–Crippen LogP) is 3.46. The van der Waals surface area contributed by atoms with Crippen LogP contribution in [0.1, 0.15) is 12.6 Å². The average Bonchev–Trinajstić information content (AvgIpc) is 2.72. The normalized spacial score (nSPS) is 11.6. The maximum atomic E-state index is 13.8. The molecule has 0 aliphatic carbocycles. The minimum Gasteiger partial charge on any atom is -0.263 e. The van der Waals surface area contributed by atoms with E-state index in [1.54, 1.807) is 19.9 Å². The second-order valence-corrected chi connectivity index (χ2v) is 7.60. The van der Waals surface area contributed by atoms with Gasteiger partial charge in [-0.15, -0.1) is 0 Å². The molecule has 0 N–H and O–H groups in total. The van der Waals surface area contributed by atoms with Gasteiger partial charge in [-0.25, -0.2) is 17.8 Å². The van der Waals surface area contributed by atoms with Gasteiger partial charge in [0.15, 0.2) is 8.68 Å². The molecule has 0 atom stereocenters. The van der Waals surface area contributed by atoms with Gasteiger partial charge < -0.3 is 0 Å². The number of para-hydroxylation sites is 1. The fourth-order valence-electron chi connectivity index (χ4n) is 1.81. The number of nitrogens with zero attached hydrogens (tertiary/aromatic N) is 2. The van der Waals surface area contributed by atoms with Gasteiger partial charge >= 0.3 is 0 Å². The van der Waals surface area contributed by atoms with E-state index in [2.05, 4.69) is 4.98 Å². The molecule has 1 aromatic heterocycles. The zero-order chi connectivity index (χ0) is 14.9. The van der Waals surface area contributed by atoms with Crippen molar-refractivity contribution in [3.8, 4) is 0 Å². The lowest BCUT2D eigenvalue weighted by atomic mass is 10.3. The van der Waals surface area contributed by atoms with Gasteiger partial charge in [0.1, 0.15) is 5.82 Å². The van der Waals surface area contributed by atoms with Crippen LogP contribution in [-0.2, 0) is 10.0 Å². The molecule has 2 aromatic rings. The summed E-state index contributed by atoms with van der Waals surface area (Å²) in [5.41, 5.74) is 0.328. The number of benzene rings is 1. The van der Waals surface area contributed by atoms with E-state index in [4.69, 9.17) is 11.6 Å². The van der Waals surface area contributed by atoms with Gasteiger partial charge in [-0.3, -0.25) is 4.31 Å². The Kier molecular flexibility index (Phi) is 4.31. The van der Waals surface area contributed by atoms with Crippen molar-refractivity contribution >= 4 is 38.6 Å². The second kappa shape index (κ2) is 5.67. The molecule has 0 spiro atoms. The van der Waals surface area contributed by atoms with Gasteiger partial charge in [0.2, 0.25) is 0 Å². The monoisotopic (exact) mass is 334 g/mol. The number of anilines is 1. The van der Waals surface area contributed by atoms with Crippen LogP contribution in [0.3, 0.4) is 0 Å². The van der Waals surface area contributed by atoms with Gasteiger partial charge in [0.05, 0.1) is 11.4 Å². The molecule has 0 amide bonds. The fourth-order valence-corrected chi connectivity index (χ4v) is 5.13. The summed E-state index contributed by atoms with van der Waals surface area (Å²) in [4.78, 5) is 3.89. The van der Waals surface area contributed by atoms with Crippen molar-refractivity contribution in [3.63, 3.8) is 0 Å². The van der Waals surface area contributed by atoms with Crippen molar-refractivity contribution in [3.05, 3.63) is 40.2 Å². The molecule has 0 bridgehead atoms. The summed E-state index contributed by atoms with van der Waals surface area (Å²) >= 11 is 6.62. The first-order chi connectivity index (χ1) is 9.37. The summed E-state index contributed by atoms with van der Waals surface area (Å²) in [5.74, 6) is -0.591. The molecule has 0 fully saturated rings. The molecule has 0 unspecified atom stereocenters. The van der Waals surface area contributed by atoms with Crippen molar-refractivity contribution in [2.45, 2.75) is 18.1 Å². The molecule has 1 aromatic carbocycles. The Morgan fingerprint density at radius 1 is 1.40 bits per heavy atom. The molecule has 20 heavy (non-hydrogen) atoms. The van der Waals surface area contributed by atoms with E-state index in [0.29, 0.717) is 5.69 Å². The smallest absolute Gasteiger partial charge is 0.263 e. The molecule has 0 saturated heterocycles. The molecular formula is C12H12ClFN2O2S2. The molecule has 2 rings (SSSR count). The number of hydrogen-bond acceptors (Lipinski definition) is 4. The van der Waals surface area contributed by atoms with E-state index in [1.807, 2.05) is 0 Å². The first-order valence-electron chi connectivity index (χ1n) is 5.78. The fraction of sp³-hybridized carbons (Fsp3) is 0.250. The molecule has 1 heterocycles. The zero-order valence-electron chi connectivity index (χ0n) is 10.8. The summed E-state index contributed by atoms with van der Waals surface area (Å²) in [7, 11) is -3.87. The third-order valence-electron chi connectivity index (χ3n) is 2.66. The van der Waals surface area contributed by atoms with Crippen molar-refractivity contribution in [1.82, 2.24) is 4.98 Å². The van der Waals surface area contributed by atoms with Crippen LogP contribution in [0.2, 0.25) is 4.47 Å². The first kappa shape index (κ1) is 15.2. The van der Waals surface area contributed by atoms with Crippen LogP contribution in [0.15, 0.2) is 28.5 Å². The summed E-state index contributed by atoms with van der Waals surface area (Å²) in [6, 6.07) is 5.74. The van der Waals surface area contributed by atoms with Crippen LogP contribution in [0, 0.1) is 12.7 Å². The lowest BCUT2D eigenvalue weighted by molar-refractivity contribution is 0.587. The van der Waals surface area contributed by atoms with Gasteiger partial charge in [-0.2, -0.15) is 0 Å². The van der Waals surface area contributed by atoms with Crippen LogP contribution in [0.25, 0.3) is 0 Å². The molecule has 0 aliphatic heterocycles. The summed E-state index contributed by atoms with van der Waals surface area (Å²) in [5, 5.41) is 0. The summed E-state index contributed by atoms with van der Waals surface area (Å²) in [6.45, 7) is 3.31. The first-order valence-corrected chi connectivity index (χ1v) is 8.41. The van der Waals surface area contributed by atoms with Crippen molar-refractivity contribution in [2.24, 2.45) is 0 Å². The Hall–Kier alpha value is -1.18. The topological polar surface area (TPSA) is 50.3 Å². The lowest BCUT2D eigenvalue weighted by Crippen LogP contribution is -2.31. The number of aromatic nitrogens is 1. The lowest BCUT2D eigenvalue weighted by Gasteiger charge is -2.22. The quantitative estimate of drug-likeness (QED) is 0.860. The van der Waals surface area contributed by atoms with Gasteiger partial charge in [-0.1, -0.05) is 35.1 Å². The predicted molar refractivity (Wildman–Crippen MR) is 78.5 cm³/mol. The number of halogens is 2. The molecule has 0 saturated carbocycles. The highest BCUT2D eigenvalue weighted by molar-refractivity contribution is 7.94. The molecule has 8 heteroatoms. The third-order valence-corrected chi connectivity index (χ3v) is 6.40. The van der Waals surface area contributed by atoms with E-state index >= 15 is 0 Å². The van der Waals surface area contributed by atoms with Gasteiger partial charge in [0.25, 0.3) is 10.0 Å². The minimum atomic E-state index is -3.87. The number of thiazole rings is 1. The van der Waals surface area contributed by atoms with Gasteiger partial charge in [0, 0.05) is 6.54 Å². The highest BCUT2D eigenvalue weighted by Gasteiger charge is 2.29. The molecule has 0 radical (unpaired) electrons. The van der Waals surface area contributed by atoms with E-state index in [1.165, 1.54) is 18.2 Å². The summed E-state index contributed by atoms with van der Waals surface area (Å²) in [6.07, 6.45) is 0. The maximum absolute atomic E-state index is 13.8.